The van der Waals surface area contributed by atoms with Gasteiger partial charge in [0.2, 0.25) is 5.82 Å². The number of nitrogens with zero attached hydrogens (tertiary/aromatic N) is 2. The van der Waals surface area contributed by atoms with Gasteiger partial charge in [0.1, 0.15) is 5.75 Å². The Hall–Kier alpha value is -1.99. The first-order chi connectivity index (χ1) is 13.1. The second kappa shape index (κ2) is 7.94. The van der Waals surface area contributed by atoms with E-state index in [1.54, 1.807) is 36.0 Å². The molecule has 1 saturated heterocycles. The van der Waals surface area contributed by atoms with E-state index in [0.29, 0.717) is 11.8 Å². The van der Waals surface area contributed by atoms with Crippen molar-refractivity contribution in [3.63, 3.8) is 0 Å². The highest BCUT2D eigenvalue weighted by atomic mass is 32.2. The summed E-state index contributed by atoms with van der Waals surface area (Å²) in [6, 6.07) is 8.52. The molecular formula is C20H23FN2O3S. The van der Waals surface area contributed by atoms with E-state index < -0.39 is 5.82 Å². The maximum atomic E-state index is 14.3. The van der Waals surface area contributed by atoms with Crippen LogP contribution < -0.4 is 9.47 Å². The van der Waals surface area contributed by atoms with Gasteiger partial charge in [-0.2, -0.15) is 4.39 Å². The largest absolute Gasteiger partial charge is 0.506 e. The maximum Gasteiger partial charge on any atom is 0.206 e. The van der Waals surface area contributed by atoms with Gasteiger partial charge in [0.05, 0.1) is 30.3 Å². The second-order valence-electron chi connectivity index (χ2n) is 7.17. The van der Waals surface area contributed by atoms with Gasteiger partial charge in [-0.05, 0) is 48.9 Å². The molecule has 2 aliphatic rings. The average molecular weight is 390 g/mol. The van der Waals surface area contributed by atoms with E-state index in [4.69, 9.17) is 9.47 Å². The van der Waals surface area contributed by atoms with Crippen molar-refractivity contribution in [2.45, 2.75) is 24.0 Å². The number of aromatic hydroxyl groups is 1. The minimum Gasteiger partial charge on any atom is -0.506 e. The third-order valence-corrected chi connectivity index (χ3v) is 6.37. The standard InChI is InChI=1S/C20H23FN2O3S/c1-25-17-3-2-4-18(20(17)21)26-16-7-13-10-23(11-14(13)8-16)12-27-19-6-5-15(24)9-22-19/h2-6,9,13-14,16,24H,7-8,10-12H2,1H3/t13-,14+,16?. The van der Waals surface area contributed by atoms with Crippen LogP contribution in [0.3, 0.4) is 0 Å². The van der Waals surface area contributed by atoms with Crippen LogP contribution in [0.25, 0.3) is 0 Å². The molecule has 3 atom stereocenters. The number of likely N-dealkylation sites (tertiary alicyclic amines) is 1. The van der Waals surface area contributed by atoms with Crippen molar-refractivity contribution in [2.24, 2.45) is 11.8 Å². The summed E-state index contributed by atoms with van der Waals surface area (Å²) in [5.74, 6) is 2.35. The molecule has 0 radical (unpaired) electrons. The van der Waals surface area contributed by atoms with Gasteiger partial charge >= 0.3 is 0 Å². The Morgan fingerprint density at radius 3 is 2.59 bits per heavy atom. The van der Waals surface area contributed by atoms with Crippen LogP contribution in [0.1, 0.15) is 12.8 Å². The first kappa shape index (κ1) is 18.4. The molecule has 0 spiro atoms. The topological polar surface area (TPSA) is 54.8 Å². The predicted molar refractivity (Wildman–Crippen MR) is 102 cm³/mol. The van der Waals surface area contributed by atoms with Gasteiger partial charge in [0.25, 0.3) is 0 Å². The molecule has 4 rings (SSSR count). The van der Waals surface area contributed by atoms with E-state index in [1.807, 2.05) is 6.07 Å². The first-order valence-corrected chi connectivity index (χ1v) is 10.1. The van der Waals surface area contributed by atoms with E-state index in [9.17, 15) is 9.50 Å². The number of halogens is 1. The van der Waals surface area contributed by atoms with Crippen LogP contribution in [-0.4, -0.2) is 47.2 Å². The van der Waals surface area contributed by atoms with Crippen LogP contribution in [-0.2, 0) is 0 Å². The first-order valence-electron chi connectivity index (χ1n) is 9.11. The number of hydrogen-bond donors (Lipinski definition) is 1. The molecule has 27 heavy (non-hydrogen) atoms. The lowest BCUT2D eigenvalue weighted by Crippen LogP contribution is -2.24. The zero-order chi connectivity index (χ0) is 18.8. The summed E-state index contributed by atoms with van der Waals surface area (Å²) in [6.07, 6.45) is 3.45. The number of pyridine rings is 1. The number of benzene rings is 1. The highest BCUT2D eigenvalue weighted by Gasteiger charge is 2.42. The van der Waals surface area contributed by atoms with Crippen LogP contribution in [0, 0.1) is 17.7 Å². The molecule has 1 aliphatic heterocycles. The normalized spacial score (nSPS) is 24.7. The third-order valence-electron chi connectivity index (χ3n) is 5.34. The fourth-order valence-corrected chi connectivity index (χ4v) is 4.89. The van der Waals surface area contributed by atoms with Crippen molar-refractivity contribution in [3.05, 3.63) is 42.3 Å². The van der Waals surface area contributed by atoms with Crippen LogP contribution in [0.2, 0.25) is 0 Å². The summed E-state index contributed by atoms with van der Waals surface area (Å²) in [4.78, 5) is 6.65. The molecule has 2 aromatic rings. The Balaban J connectivity index is 1.28. The molecule has 1 aromatic heterocycles. The molecule has 1 unspecified atom stereocenters. The summed E-state index contributed by atoms with van der Waals surface area (Å²) in [5.41, 5.74) is 0. The Labute approximate surface area is 162 Å². The monoisotopic (exact) mass is 390 g/mol. The van der Waals surface area contributed by atoms with E-state index in [1.165, 1.54) is 13.3 Å². The third kappa shape index (κ3) is 4.14. The Kier molecular flexibility index (Phi) is 5.41. The molecule has 0 amide bonds. The number of thioether (sulfide) groups is 1. The number of aromatic nitrogens is 1. The minimum atomic E-state index is -0.420. The predicted octanol–water partition coefficient (Wildman–Crippen LogP) is 3.77. The van der Waals surface area contributed by atoms with Gasteiger partial charge in [0, 0.05) is 13.1 Å². The lowest BCUT2D eigenvalue weighted by Gasteiger charge is -2.20. The molecular weight excluding hydrogens is 367 g/mol. The van der Waals surface area contributed by atoms with Crippen molar-refractivity contribution in [1.29, 1.82) is 0 Å². The van der Waals surface area contributed by atoms with Crippen LogP contribution in [0.5, 0.6) is 17.2 Å². The maximum absolute atomic E-state index is 14.3. The summed E-state index contributed by atoms with van der Waals surface area (Å²) in [6.45, 7) is 2.08. The Morgan fingerprint density at radius 2 is 1.93 bits per heavy atom. The van der Waals surface area contributed by atoms with E-state index >= 15 is 0 Å². The van der Waals surface area contributed by atoms with E-state index in [0.717, 1.165) is 36.8 Å². The second-order valence-corrected chi connectivity index (χ2v) is 8.13. The molecule has 1 aliphatic carbocycles. The summed E-state index contributed by atoms with van der Waals surface area (Å²) in [5, 5.41) is 10.2. The van der Waals surface area contributed by atoms with Crippen LogP contribution in [0.15, 0.2) is 41.6 Å². The average Bonchev–Trinajstić information content (AvgIpc) is 3.21. The molecule has 2 fully saturated rings. The number of hydrogen-bond acceptors (Lipinski definition) is 6. The fraction of sp³-hybridized carbons (Fsp3) is 0.450. The number of rotatable bonds is 6. The minimum absolute atomic E-state index is 0.0650. The molecule has 144 valence electrons. The molecule has 1 saturated carbocycles. The van der Waals surface area contributed by atoms with Gasteiger partial charge in [-0.1, -0.05) is 17.8 Å². The van der Waals surface area contributed by atoms with Gasteiger partial charge < -0.3 is 14.6 Å². The van der Waals surface area contributed by atoms with Gasteiger partial charge in [-0.25, -0.2) is 4.98 Å². The Morgan fingerprint density at radius 1 is 1.19 bits per heavy atom. The molecule has 1 aromatic carbocycles. The summed E-state index contributed by atoms with van der Waals surface area (Å²) < 4.78 is 25.3. The Bertz CT molecular complexity index is 775. The van der Waals surface area contributed by atoms with Crippen LogP contribution >= 0.6 is 11.8 Å². The van der Waals surface area contributed by atoms with Crippen LogP contribution in [0.4, 0.5) is 4.39 Å². The lowest BCUT2D eigenvalue weighted by atomic mass is 10.0. The highest BCUT2D eigenvalue weighted by Crippen LogP contribution is 2.41. The molecule has 7 heteroatoms. The quantitative estimate of drug-likeness (QED) is 0.758. The smallest absolute Gasteiger partial charge is 0.206 e. The molecule has 2 heterocycles. The number of fused-ring (bicyclic) bond motifs is 1. The van der Waals surface area contributed by atoms with Crippen molar-refractivity contribution < 1.29 is 19.0 Å². The SMILES string of the molecule is COc1cccc(OC2C[C@@H]3CN(CSc4ccc(O)cn4)C[C@@H]3C2)c1F. The zero-order valence-corrected chi connectivity index (χ0v) is 16.0. The summed E-state index contributed by atoms with van der Waals surface area (Å²) >= 11 is 1.68. The van der Waals surface area contributed by atoms with Gasteiger partial charge in [-0.15, -0.1) is 0 Å². The summed E-state index contributed by atoms with van der Waals surface area (Å²) in [7, 11) is 1.46. The van der Waals surface area contributed by atoms with Gasteiger partial charge in [-0.3, -0.25) is 4.90 Å². The van der Waals surface area contributed by atoms with E-state index in [2.05, 4.69) is 9.88 Å². The van der Waals surface area contributed by atoms with Gasteiger partial charge in [0.15, 0.2) is 11.5 Å². The number of methoxy groups -OCH3 is 1. The molecule has 1 N–H and O–H groups in total. The van der Waals surface area contributed by atoms with Crippen molar-refractivity contribution in [1.82, 2.24) is 9.88 Å². The van der Waals surface area contributed by atoms with E-state index in [-0.39, 0.29) is 23.4 Å². The highest BCUT2D eigenvalue weighted by molar-refractivity contribution is 7.99. The lowest BCUT2D eigenvalue weighted by molar-refractivity contribution is 0.180. The fourth-order valence-electron chi connectivity index (χ4n) is 4.08. The molecule has 5 nitrogen and oxygen atoms in total. The molecule has 0 bridgehead atoms. The van der Waals surface area contributed by atoms with Crippen molar-refractivity contribution >= 4 is 11.8 Å². The van der Waals surface area contributed by atoms with Crippen molar-refractivity contribution in [2.75, 3.05) is 26.1 Å². The zero-order valence-electron chi connectivity index (χ0n) is 15.2. The number of ether oxygens (including phenoxy) is 2. The van der Waals surface area contributed by atoms with Crippen molar-refractivity contribution in [3.8, 4) is 17.2 Å².